The fraction of sp³-hybridized carbons (Fsp3) is 0.278. The summed E-state index contributed by atoms with van der Waals surface area (Å²) >= 11 is 0. The fourth-order valence-corrected chi connectivity index (χ4v) is 2.19. The van der Waals surface area contributed by atoms with Crippen molar-refractivity contribution in [1.82, 2.24) is 10.6 Å². The van der Waals surface area contributed by atoms with Gasteiger partial charge in [-0.3, -0.25) is 4.99 Å². The lowest BCUT2D eigenvalue weighted by Gasteiger charge is -2.12. The Morgan fingerprint density at radius 2 is 1.58 bits per heavy atom. The number of guanidine groups is 1. The van der Waals surface area contributed by atoms with Gasteiger partial charge < -0.3 is 10.6 Å². The van der Waals surface area contributed by atoms with Crippen LogP contribution in [0.25, 0.3) is 0 Å². The molecule has 0 heterocycles. The Morgan fingerprint density at radius 1 is 0.917 bits per heavy atom. The number of benzene rings is 2. The number of nitrogens with one attached hydrogen (secondary N) is 2. The van der Waals surface area contributed by atoms with E-state index in [-0.39, 0.29) is 0 Å². The van der Waals surface area contributed by atoms with Crippen molar-refractivity contribution >= 4 is 5.96 Å². The Bertz CT molecular complexity index is 649. The van der Waals surface area contributed by atoms with Gasteiger partial charge in [0.15, 0.2) is 5.96 Å². The van der Waals surface area contributed by atoms with Crippen LogP contribution in [0, 0.1) is 0 Å². The van der Waals surface area contributed by atoms with E-state index < -0.39 is 11.7 Å². The summed E-state index contributed by atoms with van der Waals surface area (Å²) in [6.07, 6.45) is -3.68. The third-order valence-corrected chi connectivity index (χ3v) is 3.51. The first-order chi connectivity index (χ1) is 11.5. The lowest BCUT2D eigenvalue weighted by molar-refractivity contribution is -0.137. The number of hydrogen-bond donors (Lipinski definition) is 2. The zero-order chi connectivity index (χ0) is 17.4. The van der Waals surface area contributed by atoms with E-state index in [0.717, 1.165) is 23.3 Å². The van der Waals surface area contributed by atoms with E-state index in [1.54, 1.807) is 7.05 Å². The van der Waals surface area contributed by atoms with Crippen LogP contribution < -0.4 is 10.6 Å². The van der Waals surface area contributed by atoms with Gasteiger partial charge in [0.05, 0.1) is 5.56 Å². The van der Waals surface area contributed by atoms with Gasteiger partial charge in [-0.1, -0.05) is 42.5 Å². The Morgan fingerprint density at radius 3 is 2.17 bits per heavy atom. The van der Waals surface area contributed by atoms with Crippen LogP contribution in [0.2, 0.25) is 0 Å². The molecule has 0 amide bonds. The minimum absolute atomic E-state index is 0.583. The first-order valence-corrected chi connectivity index (χ1v) is 7.63. The first kappa shape index (κ1) is 17.8. The molecule has 3 nitrogen and oxygen atoms in total. The standard InChI is InChI=1S/C18H20F3N3/c1-22-17(24-13-15-5-3-2-4-6-15)23-12-11-14-7-9-16(10-8-14)18(19,20)21/h2-10H,11-13H2,1H3,(H2,22,23,24). The largest absolute Gasteiger partial charge is 0.416 e. The maximum atomic E-state index is 12.5. The maximum absolute atomic E-state index is 12.5. The summed E-state index contributed by atoms with van der Waals surface area (Å²) in [5.74, 6) is 0.658. The number of hydrogen-bond acceptors (Lipinski definition) is 1. The van der Waals surface area contributed by atoms with Crippen LogP contribution >= 0.6 is 0 Å². The van der Waals surface area contributed by atoms with Gasteiger partial charge in [-0.05, 0) is 29.7 Å². The summed E-state index contributed by atoms with van der Waals surface area (Å²) in [6, 6.07) is 15.2. The van der Waals surface area contributed by atoms with Crippen LogP contribution in [0.4, 0.5) is 13.2 Å². The predicted octanol–water partition coefficient (Wildman–Crippen LogP) is 3.61. The molecule has 0 fully saturated rings. The van der Waals surface area contributed by atoms with E-state index in [0.29, 0.717) is 25.5 Å². The van der Waals surface area contributed by atoms with Crippen molar-refractivity contribution in [3.63, 3.8) is 0 Å². The monoisotopic (exact) mass is 335 g/mol. The third kappa shape index (κ3) is 5.61. The average molecular weight is 335 g/mol. The molecule has 0 spiro atoms. The highest BCUT2D eigenvalue weighted by atomic mass is 19.4. The molecule has 2 rings (SSSR count). The van der Waals surface area contributed by atoms with Crippen molar-refractivity contribution in [3.05, 3.63) is 71.3 Å². The fourth-order valence-electron chi connectivity index (χ4n) is 2.19. The lowest BCUT2D eigenvalue weighted by atomic mass is 10.1. The molecule has 0 saturated heterocycles. The molecule has 0 aliphatic rings. The molecule has 0 bridgehead atoms. The number of alkyl halides is 3. The Labute approximate surface area is 139 Å². The number of halogens is 3. The van der Waals surface area contributed by atoms with Gasteiger partial charge in [0.25, 0.3) is 0 Å². The van der Waals surface area contributed by atoms with Crippen LogP contribution in [0.5, 0.6) is 0 Å². The molecular weight excluding hydrogens is 315 g/mol. The van der Waals surface area contributed by atoms with Gasteiger partial charge in [0, 0.05) is 20.1 Å². The summed E-state index contributed by atoms with van der Waals surface area (Å²) in [6.45, 7) is 1.24. The molecule has 0 radical (unpaired) electrons. The molecule has 0 aliphatic heterocycles. The van der Waals surface area contributed by atoms with E-state index in [9.17, 15) is 13.2 Å². The molecule has 0 aromatic heterocycles. The molecule has 2 aromatic carbocycles. The molecule has 2 aromatic rings. The molecule has 2 N–H and O–H groups in total. The van der Waals surface area contributed by atoms with Crippen LogP contribution in [-0.4, -0.2) is 19.6 Å². The number of rotatable bonds is 5. The molecule has 128 valence electrons. The summed E-state index contributed by atoms with van der Waals surface area (Å²) in [4.78, 5) is 4.13. The maximum Gasteiger partial charge on any atom is 0.416 e. The summed E-state index contributed by atoms with van der Waals surface area (Å²) in [5, 5.41) is 6.34. The van der Waals surface area contributed by atoms with Crippen molar-refractivity contribution in [2.45, 2.75) is 19.1 Å². The SMILES string of the molecule is CN=C(NCCc1ccc(C(F)(F)F)cc1)NCc1ccccc1. The van der Waals surface area contributed by atoms with Gasteiger partial charge in [0.1, 0.15) is 0 Å². The van der Waals surface area contributed by atoms with Crippen LogP contribution in [0.3, 0.4) is 0 Å². The molecular formula is C18H20F3N3. The van der Waals surface area contributed by atoms with Crippen molar-refractivity contribution in [1.29, 1.82) is 0 Å². The second kappa shape index (κ2) is 8.38. The summed E-state index contributed by atoms with van der Waals surface area (Å²) < 4.78 is 37.5. The second-order valence-corrected chi connectivity index (χ2v) is 5.28. The molecule has 0 unspecified atom stereocenters. The first-order valence-electron chi connectivity index (χ1n) is 7.63. The highest BCUT2D eigenvalue weighted by molar-refractivity contribution is 5.79. The zero-order valence-corrected chi connectivity index (χ0v) is 13.4. The molecule has 0 saturated carbocycles. The minimum Gasteiger partial charge on any atom is -0.356 e. The highest BCUT2D eigenvalue weighted by Crippen LogP contribution is 2.29. The van der Waals surface area contributed by atoms with E-state index in [1.807, 2.05) is 30.3 Å². The van der Waals surface area contributed by atoms with Crippen LogP contribution in [-0.2, 0) is 19.1 Å². The molecule has 6 heteroatoms. The average Bonchev–Trinajstić information content (AvgIpc) is 2.58. The van der Waals surface area contributed by atoms with Gasteiger partial charge in [-0.15, -0.1) is 0 Å². The van der Waals surface area contributed by atoms with E-state index in [1.165, 1.54) is 12.1 Å². The number of nitrogens with zero attached hydrogens (tertiary/aromatic N) is 1. The van der Waals surface area contributed by atoms with Gasteiger partial charge in [0.2, 0.25) is 0 Å². The van der Waals surface area contributed by atoms with Crippen molar-refractivity contribution < 1.29 is 13.2 Å². The van der Waals surface area contributed by atoms with E-state index in [2.05, 4.69) is 15.6 Å². The van der Waals surface area contributed by atoms with E-state index in [4.69, 9.17) is 0 Å². The van der Waals surface area contributed by atoms with Gasteiger partial charge >= 0.3 is 6.18 Å². The van der Waals surface area contributed by atoms with Crippen LogP contribution in [0.1, 0.15) is 16.7 Å². The Balaban J connectivity index is 1.77. The highest BCUT2D eigenvalue weighted by Gasteiger charge is 2.29. The Hall–Kier alpha value is -2.50. The second-order valence-electron chi connectivity index (χ2n) is 5.28. The normalized spacial score (nSPS) is 12.1. The zero-order valence-electron chi connectivity index (χ0n) is 13.4. The van der Waals surface area contributed by atoms with E-state index >= 15 is 0 Å². The van der Waals surface area contributed by atoms with Gasteiger partial charge in [-0.2, -0.15) is 13.2 Å². The molecule has 0 atom stereocenters. The minimum atomic E-state index is -4.29. The van der Waals surface area contributed by atoms with Crippen molar-refractivity contribution in [3.8, 4) is 0 Å². The predicted molar refractivity (Wildman–Crippen MR) is 89.8 cm³/mol. The summed E-state index contributed by atoms with van der Waals surface area (Å²) in [5.41, 5.74) is 1.36. The molecule has 24 heavy (non-hydrogen) atoms. The van der Waals surface area contributed by atoms with Gasteiger partial charge in [-0.25, -0.2) is 0 Å². The smallest absolute Gasteiger partial charge is 0.356 e. The Kier molecular flexibility index (Phi) is 6.23. The van der Waals surface area contributed by atoms with Crippen molar-refractivity contribution in [2.24, 2.45) is 4.99 Å². The topological polar surface area (TPSA) is 36.4 Å². The van der Waals surface area contributed by atoms with Crippen LogP contribution in [0.15, 0.2) is 59.6 Å². The quantitative estimate of drug-likeness (QED) is 0.647. The third-order valence-electron chi connectivity index (χ3n) is 3.51. The van der Waals surface area contributed by atoms with Crippen molar-refractivity contribution in [2.75, 3.05) is 13.6 Å². The molecule has 0 aliphatic carbocycles. The summed E-state index contributed by atoms with van der Waals surface area (Å²) in [7, 11) is 1.68. The lowest BCUT2D eigenvalue weighted by Crippen LogP contribution is -2.37. The number of aliphatic imine (C=N–C) groups is 1.